The number of hydrogen-bond acceptors (Lipinski definition) is 3. The predicted molar refractivity (Wildman–Crippen MR) is 71.3 cm³/mol. The first-order valence-corrected chi connectivity index (χ1v) is 6.72. The highest BCUT2D eigenvalue weighted by Gasteiger charge is 2.20. The Morgan fingerprint density at radius 1 is 1.47 bits per heavy atom. The Hall–Kier alpha value is -1.49. The molecular weight excluding hydrogens is 247 g/mol. The van der Waals surface area contributed by atoms with Crippen LogP contribution in [0.3, 0.4) is 0 Å². The SMILES string of the molecule is CC1CCCC(NCc2cc(F)ccc2[N+](=O)[O-])C1. The number of nitrogens with one attached hydrogen (secondary N) is 1. The molecule has 0 radical (unpaired) electrons. The summed E-state index contributed by atoms with van der Waals surface area (Å²) in [6.45, 7) is 2.57. The van der Waals surface area contributed by atoms with Gasteiger partial charge in [-0.25, -0.2) is 4.39 Å². The molecule has 0 aliphatic heterocycles. The van der Waals surface area contributed by atoms with Gasteiger partial charge in [-0.1, -0.05) is 19.8 Å². The molecule has 0 bridgehead atoms. The first-order valence-electron chi connectivity index (χ1n) is 6.72. The molecule has 2 atom stereocenters. The fourth-order valence-corrected chi connectivity index (χ4v) is 2.75. The fraction of sp³-hybridized carbons (Fsp3) is 0.571. The number of nitro benzene ring substituents is 1. The molecule has 0 spiro atoms. The third-order valence-corrected chi connectivity index (χ3v) is 3.76. The molecule has 0 heterocycles. The van der Waals surface area contributed by atoms with Crippen molar-refractivity contribution in [3.63, 3.8) is 0 Å². The van der Waals surface area contributed by atoms with E-state index < -0.39 is 10.7 Å². The summed E-state index contributed by atoms with van der Waals surface area (Å²) in [6.07, 6.45) is 4.61. The maximum atomic E-state index is 13.2. The van der Waals surface area contributed by atoms with E-state index >= 15 is 0 Å². The van der Waals surface area contributed by atoms with E-state index in [9.17, 15) is 14.5 Å². The molecule has 0 aromatic heterocycles. The summed E-state index contributed by atoms with van der Waals surface area (Å²) < 4.78 is 13.2. The van der Waals surface area contributed by atoms with Gasteiger partial charge in [-0.15, -0.1) is 0 Å². The average Bonchev–Trinajstić information content (AvgIpc) is 2.36. The Labute approximate surface area is 112 Å². The van der Waals surface area contributed by atoms with E-state index in [2.05, 4.69) is 12.2 Å². The second kappa shape index (κ2) is 6.10. The monoisotopic (exact) mass is 266 g/mol. The number of rotatable bonds is 4. The van der Waals surface area contributed by atoms with Crippen LogP contribution < -0.4 is 5.32 Å². The Kier molecular flexibility index (Phi) is 4.47. The molecule has 1 aliphatic carbocycles. The summed E-state index contributed by atoms with van der Waals surface area (Å²) in [6, 6.07) is 3.99. The summed E-state index contributed by atoms with van der Waals surface area (Å²) in [4.78, 5) is 10.4. The summed E-state index contributed by atoms with van der Waals surface area (Å²) in [5.74, 6) is 0.258. The van der Waals surface area contributed by atoms with Crippen LogP contribution in [0.5, 0.6) is 0 Å². The van der Waals surface area contributed by atoms with E-state index in [-0.39, 0.29) is 5.69 Å². The van der Waals surface area contributed by atoms with Crippen LogP contribution in [-0.4, -0.2) is 11.0 Å². The van der Waals surface area contributed by atoms with Gasteiger partial charge in [0.1, 0.15) is 5.82 Å². The van der Waals surface area contributed by atoms with Gasteiger partial charge in [0, 0.05) is 24.2 Å². The van der Waals surface area contributed by atoms with Crippen LogP contribution in [0.15, 0.2) is 18.2 Å². The third kappa shape index (κ3) is 3.73. The molecule has 1 fully saturated rings. The molecule has 2 rings (SSSR count). The van der Waals surface area contributed by atoms with Gasteiger partial charge in [0.2, 0.25) is 0 Å². The molecule has 104 valence electrons. The van der Waals surface area contributed by atoms with Crippen molar-refractivity contribution < 1.29 is 9.31 Å². The van der Waals surface area contributed by atoms with Crippen molar-refractivity contribution in [3.05, 3.63) is 39.7 Å². The molecule has 0 saturated heterocycles. The van der Waals surface area contributed by atoms with Crippen molar-refractivity contribution in [2.75, 3.05) is 0 Å². The van der Waals surface area contributed by atoms with Gasteiger partial charge in [-0.2, -0.15) is 0 Å². The highest BCUT2D eigenvalue weighted by Crippen LogP contribution is 2.25. The van der Waals surface area contributed by atoms with Crippen molar-refractivity contribution >= 4 is 5.69 Å². The van der Waals surface area contributed by atoms with Crippen molar-refractivity contribution in [2.24, 2.45) is 5.92 Å². The number of nitro groups is 1. The van der Waals surface area contributed by atoms with Crippen molar-refractivity contribution in [1.82, 2.24) is 5.32 Å². The van der Waals surface area contributed by atoms with Crippen LogP contribution in [-0.2, 0) is 6.54 Å². The van der Waals surface area contributed by atoms with Gasteiger partial charge in [0.25, 0.3) is 5.69 Å². The number of benzene rings is 1. The topological polar surface area (TPSA) is 55.2 Å². The maximum Gasteiger partial charge on any atom is 0.274 e. The zero-order valence-electron chi connectivity index (χ0n) is 11.1. The molecule has 5 heteroatoms. The van der Waals surface area contributed by atoms with Gasteiger partial charge in [-0.3, -0.25) is 10.1 Å². The normalized spacial score (nSPS) is 23.3. The van der Waals surface area contributed by atoms with Crippen LogP contribution in [0.4, 0.5) is 10.1 Å². The lowest BCUT2D eigenvalue weighted by Crippen LogP contribution is -2.33. The second-order valence-electron chi connectivity index (χ2n) is 5.38. The summed E-state index contributed by atoms with van der Waals surface area (Å²) >= 11 is 0. The second-order valence-corrected chi connectivity index (χ2v) is 5.38. The smallest absolute Gasteiger partial charge is 0.274 e. The molecular formula is C14H19FN2O2. The van der Waals surface area contributed by atoms with Gasteiger partial charge < -0.3 is 5.32 Å². The van der Waals surface area contributed by atoms with E-state index in [4.69, 9.17) is 0 Å². The van der Waals surface area contributed by atoms with Crippen molar-refractivity contribution in [1.29, 1.82) is 0 Å². The van der Waals surface area contributed by atoms with Gasteiger partial charge in [-0.05, 0) is 30.9 Å². The lowest BCUT2D eigenvalue weighted by Gasteiger charge is -2.27. The van der Waals surface area contributed by atoms with Crippen molar-refractivity contribution in [2.45, 2.75) is 45.2 Å². The molecule has 1 saturated carbocycles. The van der Waals surface area contributed by atoms with E-state index in [1.165, 1.54) is 25.0 Å². The van der Waals surface area contributed by atoms with E-state index in [1.54, 1.807) is 0 Å². The first kappa shape index (κ1) is 13.9. The number of nitrogens with zero attached hydrogens (tertiary/aromatic N) is 1. The Morgan fingerprint density at radius 3 is 2.95 bits per heavy atom. The molecule has 1 aromatic rings. The van der Waals surface area contributed by atoms with E-state index in [1.807, 2.05) is 0 Å². The Bertz CT molecular complexity index is 465. The predicted octanol–water partition coefficient (Wildman–Crippen LogP) is 3.40. The quantitative estimate of drug-likeness (QED) is 0.671. The first-order chi connectivity index (χ1) is 9.06. The largest absolute Gasteiger partial charge is 0.310 e. The lowest BCUT2D eigenvalue weighted by atomic mass is 9.87. The highest BCUT2D eigenvalue weighted by molar-refractivity contribution is 5.40. The molecule has 0 amide bonds. The van der Waals surface area contributed by atoms with E-state index in [0.29, 0.717) is 24.1 Å². The zero-order valence-corrected chi connectivity index (χ0v) is 11.1. The summed E-state index contributed by atoms with van der Waals surface area (Å²) in [7, 11) is 0. The molecule has 2 unspecified atom stereocenters. The minimum Gasteiger partial charge on any atom is -0.310 e. The standard InChI is InChI=1S/C14H19FN2O2/c1-10-3-2-4-13(7-10)16-9-11-8-12(15)5-6-14(11)17(18)19/h5-6,8,10,13,16H,2-4,7,9H2,1H3. The van der Waals surface area contributed by atoms with Crippen LogP contribution in [0.25, 0.3) is 0 Å². The third-order valence-electron chi connectivity index (χ3n) is 3.76. The van der Waals surface area contributed by atoms with Crippen LogP contribution in [0.2, 0.25) is 0 Å². The van der Waals surface area contributed by atoms with Gasteiger partial charge in [0.05, 0.1) is 4.92 Å². The van der Waals surface area contributed by atoms with Crippen molar-refractivity contribution in [3.8, 4) is 0 Å². The molecule has 4 nitrogen and oxygen atoms in total. The minimum atomic E-state index is -0.458. The summed E-state index contributed by atoms with van der Waals surface area (Å²) in [5, 5.41) is 14.2. The molecule has 1 aromatic carbocycles. The number of hydrogen-bond donors (Lipinski definition) is 1. The highest BCUT2D eigenvalue weighted by atomic mass is 19.1. The Morgan fingerprint density at radius 2 is 2.26 bits per heavy atom. The van der Waals surface area contributed by atoms with E-state index in [0.717, 1.165) is 18.9 Å². The average molecular weight is 266 g/mol. The fourth-order valence-electron chi connectivity index (χ4n) is 2.75. The lowest BCUT2D eigenvalue weighted by molar-refractivity contribution is -0.385. The zero-order chi connectivity index (χ0) is 13.8. The summed E-state index contributed by atoms with van der Waals surface area (Å²) in [5.41, 5.74) is 0.404. The van der Waals surface area contributed by atoms with Gasteiger partial charge >= 0.3 is 0 Å². The molecule has 1 N–H and O–H groups in total. The maximum absolute atomic E-state index is 13.2. The van der Waals surface area contributed by atoms with Crippen LogP contribution in [0, 0.1) is 21.8 Å². The minimum absolute atomic E-state index is 0.0160. The number of halogens is 1. The van der Waals surface area contributed by atoms with Gasteiger partial charge in [0.15, 0.2) is 0 Å². The van der Waals surface area contributed by atoms with Crippen LogP contribution >= 0.6 is 0 Å². The Balaban J connectivity index is 2.02. The molecule has 1 aliphatic rings. The van der Waals surface area contributed by atoms with Crippen LogP contribution in [0.1, 0.15) is 38.2 Å². The molecule has 19 heavy (non-hydrogen) atoms.